The van der Waals surface area contributed by atoms with Crippen molar-refractivity contribution in [1.82, 2.24) is 9.21 Å². The summed E-state index contributed by atoms with van der Waals surface area (Å²) in [6, 6.07) is 23.4. The summed E-state index contributed by atoms with van der Waals surface area (Å²) in [4.78, 5) is 17.6. The monoisotopic (exact) mass is 590 g/mol. The molecule has 2 saturated heterocycles. The highest BCUT2D eigenvalue weighted by molar-refractivity contribution is 7.89. The molecular weight excluding hydrogens is 552 g/mol. The van der Waals surface area contributed by atoms with Crippen molar-refractivity contribution in [2.75, 3.05) is 50.0 Å². The Morgan fingerprint density at radius 3 is 2.38 bits per heavy atom. The van der Waals surface area contributed by atoms with E-state index < -0.39 is 10.0 Å². The Morgan fingerprint density at radius 2 is 1.67 bits per heavy atom. The number of nitrogens with one attached hydrogen (secondary N) is 1. The molecule has 0 aliphatic carbocycles. The molecule has 2 aliphatic heterocycles. The number of carbonyl (C=O) groups excluding carboxylic acids is 1. The van der Waals surface area contributed by atoms with Crippen LogP contribution < -0.4 is 16.4 Å². The summed E-state index contributed by atoms with van der Waals surface area (Å²) in [6.07, 6.45) is 1.31. The Hall–Kier alpha value is -3.93. The van der Waals surface area contributed by atoms with Crippen LogP contribution >= 0.6 is 0 Å². The fourth-order valence-electron chi connectivity index (χ4n) is 5.66. The minimum absolute atomic E-state index is 0.0548. The van der Waals surface area contributed by atoms with E-state index in [1.165, 1.54) is 10.4 Å². The van der Waals surface area contributed by atoms with Gasteiger partial charge in [0, 0.05) is 55.6 Å². The molecule has 1 unspecified atom stereocenters. The van der Waals surface area contributed by atoms with Crippen molar-refractivity contribution in [2.45, 2.75) is 24.3 Å². The average Bonchev–Trinajstić information content (AvgIpc) is 2.99. The van der Waals surface area contributed by atoms with Crippen LogP contribution in [-0.2, 0) is 21.4 Å². The molecule has 3 aromatic carbocycles. The number of urea groups is 1. The average molecular weight is 591 g/mol. The van der Waals surface area contributed by atoms with E-state index in [0.717, 1.165) is 5.56 Å². The summed E-state index contributed by atoms with van der Waals surface area (Å²) in [7, 11) is -3.63. The molecule has 1 atom stereocenters. The largest absolute Gasteiger partial charge is 0.399 e. The normalized spacial score (nSPS) is 18.8. The van der Waals surface area contributed by atoms with E-state index in [9.17, 15) is 13.2 Å². The number of amides is 2. The number of amidine groups is 1. The number of nitrogen functional groups attached to an aromatic ring is 2. The van der Waals surface area contributed by atoms with Crippen molar-refractivity contribution >= 4 is 33.3 Å². The van der Waals surface area contributed by atoms with Crippen molar-refractivity contribution in [1.29, 1.82) is 5.41 Å². The van der Waals surface area contributed by atoms with E-state index in [2.05, 4.69) is 0 Å². The van der Waals surface area contributed by atoms with Crippen LogP contribution in [0.3, 0.4) is 0 Å². The lowest BCUT2D eigenvalue weighted by atomic mass is 9.96. The van der Waals surface area contributed by atoms with Crippen LogP contribution in [0.4, 0.5) is 16.2 Å². The zero-order valence-corrected chi connectivity index (χ0v) is 24.4. The second kappa shape index (κ2) is 12.9. The first-order valence-corrected chi connectivity index (χ1v) is 15.6. The first kappa shape index (κ1) is 29.6. The zero-order chi connectivity index (χ0) is 29.7. The zero-order valence-electron chi connectivity index (χ0n) is 23.6. The molecule has 5 rings (SSSR count). The number of ether oxygens (including phenoxy) is 1. The van der Waals surface area contributed by atoms with Crippen LogP contribution in [0.15, 0.2) is 83.8 Å². The number of piperidine rings is 1. The van der Waals surface area contributed by atoms with Crippen molar-refractivity contribution in [3.63, 3.8) is 0 Å². The van der Waals surface area contributed by atoms with Gasteiger partial charge in [-0.3, -0.25) is 10.3 Å². The molecule has 11 heteroatoms. The number of nitrogens with two attached hydrogens (primary N) is 2. The lowest BCUT2D eigenvalue weighted by Crippen LogP contribution is -2.56. The molecule has 2 heterocycles. The van der Waals surface area contributed by atoms with Gasteiger partial charge in [0.15, 0.2) is 0 Å². The Balaban J connectivity index is 1.26. The molecule has 2 aliphatic rings. The summed E-state index contributed by atoms with van der Waals surface area (Å²) in [5, 5.41) is 7.83. The summed E-state index contributed by atoms with van der Waals surface area (Å²) >= 11 is 0. The third-order valence-corrected chi connectivity index (χ3v) is 9.80. The van der Waals surface area contributed by atoms with Gasteiger partial charge < -0.3 is 21.1 Å². The first-order chi connectivity index (χ1) is 20.2. The fraction of sp³-hybridized carbons (Fsp3) is 0.355. The van der Waals surface area contributed by atoms with E-state index in [1.54, 1.807) is 41.3 Å². The summed E-state index contributed by atoms with van der Waals surface area (Å²) < 4.78 is 33.9. The first-order valence-electron chi connectivity index (χ1n) is 14.2. The fourth-order valence-corrected chi connectivity index (χ4v) is 7.18. The van der Waals surface area contributed by atoms with Gasteiger partial charge >= 0.3 is 6.03 Å². The molecule has 3 aromatic rings. The van der Waals surface area contributed by atoms with Gasteiger partial charge in [-0.1, -0.05) is 48.5 Å². The van der Waals surface area contributed by atoms with Gasteiger partial charge in [-0.2, -0.15) is 4.31 Å². The lowest BCUT2D eigenvalue weighted by molar-refractivity contribution is 0.0661. The van der Waals surface area contributed by atoms with Gasteiger partial charge in [-0.15, -0.1) is 0 Å². The molecule has 5 N–H and O–H groups in total. The number of nitrogens with zero attached hydrogens (tertiary/aromatic N) is 3. The van der Waals surface area contributed by atoms with Crippen LogP contribution in [0.25, 0.3) is 0 Å². The maximum absolute atomic E-state index is 13.8. The minimum Gasteiger partial charge on any atom is -0.399 e. The van der Waals surface area contributed by atoms with Crippen molar-refractivity contribution in [2.24, 2.45) is 17.6 Å². The molecule has 2 fully saturated rings. The van der Waals surface area contributed by atoms with E-state index in [4.69, 9.17) is 21.6 Å². The maximum Gasteiger partial charge on any atom is 0.324 e. The molecular formula is C31H38N6O4S. The lowest BCUT2D eigenvalue weighted by Gasteiger charge is -2.42. The summed E-state index contributed by atoms with van der Waals surface area (Å²) in [6.45, 7) is 3.32. The van der Waals surface area contributed by atoms with Gasteiger partial charge in [-0.25, -0.2) is 13.2 Å². The minimum atomic E-state index is -3.63. The van der Waals surface area contributed by atoms with E-state index in [-0.39, 0.29) is 28.6 Å². The highest BCUT2D eigenvalue weighted by atomic mass is 32.2. The molecule has 0 spiro atoms. The van der Waals surface area contributed by atoms with Crippen LogP contribution in [0.5, 0.6) is 0 Å². The second-order valence-corrected chi connectivity index (χ2v) is 13.0. The molecule has 2 amide bonds. The van der Waals surface area contributed by atoms with Gasteiger partial charge in [0.25, 0.3) is 0 Å². The molecule has 222 valence electrons. The Bertz CT molecular complexity index is 1510. The van der Waals surface area contributed by atoms with Crippen LogP contribution in [0, 0.1) is 17.2 Å². The second-order valence-electron chi connectivity index (χ2n) is 11.0. The van der Waals surface area contributed by atoms with Gasteiger partial charge in [0.1, 0.15) is 5.84 Å². The third-order valence-electron chi connectivity index (χ3n) is 7.90. The molecule has 10 nitrogen and oxygen atoms in total. The summed E-state index contributed by atoms with van der Waals surface area (Å²) in [5.41, 5.74) is 14.3. The third kappa shape index (κ3) is 6.92. The number of benzene rings is 3. The standard InChI is InChI=1S/C31H38N6O4S/c32-27-9-5-11-29(17-27)42(39,40)36-14-12-23(13-15-36)18-35-19-25(22-41-21-24-6-2-1-3-7-24)20-37(31(35)38)28-10-4-8-26(16-28)30(33)34/h1-11,16-17,23,25H,12-15,18-22,32H2,(H3,33,34). The summed E-state index contributed by atoms with van der Waals surface area (Å²) in [5.74, 6) is 0.174. The van der Waals surface area contributed by atoms with Gasteiger partial charge in [0.05, 0.1) is 18.1 Å². The van der Waals surface area contributed by atoms with Crippen molar-refractivity contribution in [3.8, 4) is 0 Å². The molecule has 0 bridgehead atoms. The van der Waals surface area contributed by atoms with Gasteiger partial charge in [0.2, 0.25) is 10.0 Å². The number of carbonyl (C=O) groups is 1. The maximum atomic E-state index is 13.8. The highest BCUT2D eigenvalue weighted by Gasteiger charge is 2.36. The van der Waals surface area contributed by atoms with E-state index in [1.807, 2.05) is 41.3 Å². The number of sulfonamides is 1. The highest BCUT2D eigenvalue weighted by Crippen LogP contribution is 2.29. The van der Waals surface area contributed by atoms with Crippen LogP contribution in [0.1, 0.15) is 24.0 Å². The van der Waals surface area contributed by atoms with Gasteiger partial charge in [-0.05, 0) is 54.7 Å². The van der Waals surface area contributed by atoms with Crippen LogP contribution in [-0.4, -0.2) is 68.8 Å². The molecule has 42 heavy (non-hydrogen) atoms. The Morgan fingerprint density at radius 1 is 0.929 bits per heavy atom. The Labute approximate surface area is 247 Å². The SMILES string of the molecule is N=C(N)c1cccc(N2CC(COCc3ccccc3)CN(CC3CCN(S(=O)(=O)c4cccc(N)c4)CC3)C2=O)c1. The molecule has 0 aromatic heterocycles. The van der Waals surface area contributed by atoms with E-state index >= 15 is 0 Å². The van der Waals surface area contributed by atoms with E-state index in [0.29, 0.717) is 75.7 Å². The topological polar surface area (TPSA) is 146 Å². The Kier molecular flexibility index (Phi) is 9.10. The number of anilines is 2. The van der Waals surface area contributed by atoms with Crippen molar-refractivity contribution in [3.05, 3.63) is 90.0 Å². The van der Waals surface area contributed by atoms with Crippen LogP contribution in [0.2, 0.25) is 0 Å². The van der Waals surface area contributed by atoms with Crippen molar-refractivity contribution < 1.29 is 17.9 Å². The predicted octanol–water partition coefficient (Wildman–Crippen LogP) is 3.73. The number of hydrogen-bond donors (Lipinski definition) is 3. The quantitative estimate of drug-likeness (QED) is 0.186. The molecule has 0 radical (unpaired) electrons. The number of rotatable bonds is 10. The predicted molar refractivity (Wildman–Crippen MR) is 164 cm³/mol. The smallest absolute Gasteiger partial charge is 0.324 e. The molecule has 0 saturated carbocycles. The number of hydrogen-bond acceptors (Lipinski definition) is 6.